The van der Waals surface area contributed by atoms with Crippen LogP contribution < -0.4 is 5.32 Å². The Morgan fingerprint density at radius 2 is 1.62 bits per heavy atom. The largest absolute Gasteiger partial charge is 0.345 e. The van der Waals surface area contributed by atoms with Gasteiger partial charge in [0.1, 0.15) is 6.04 Å². The molecule has 0 fully saturated rings. The first-order valence-corrected chi connectivity index (χ1v) is 7.14. The van der Waals surface area contributed by atoms with Gasteiger partial charge in [0, 0.05) is 23.5 Å². The molecule has 0 heterocycles. The lowest BCUT2D eigenvalue weighted by Crippen LogP contribution is -2.38. The summed E-state index contributed by atoms with van der Waals surface area (Å²) in [7, 11) is 0. The van der Waals surface area contributed by atoms with Crippen molar-refractivity contribution in [3.63, 3.8) is 0 Å². The lowest BCUT2D eigenvalue weighted by molar-refractivity contribution is -0.527. The third-order valence-corrected chi connectivity index (χ3v) is 3.65. The van der Waals surface area contributed by atoms with Crippen LogP contribution in [0.2, 0.25) is 0 Å². The zero-order chi connectivity index (χ0) is 17.5. The summed E-state index contributed by atoms with van der Waals surface area (Å²) in [6, 6.07) is 12.3. The molecule has 0 aromatic heterocycles. The monoisotopic (exact) mass is 329 g/mol. The summed E-state index contributed by atoms with van der Waals surface area (Å²) in [4.78, 5) is 32.1. The molecule has 1 N–H and O–H groups in total. The van der Waals surface area contributed by atoms with Crippen molar-refractivity contribution in [1.29, 1.82) is 0 Å². The first-order valence-electron chi connectivity index (χ1n) is 7.14. The van der Waals surface area contributed by atoms with Crippen molar-refractivity contribution in [2.75, 3.05) is 0 Å². The van der Waals surface area contributed by atoms with Crippen LogP contribution >= 0.6 is 0 Å². The van der Waals surface area contributed by atoms with E-state index in [1.54, 1.807) is 24.3 Å². The van der Waals surface area contributed by atoms with E-state index in [2.05, 4.69) is 5.32 Å². The van der Waals surface area contributed by atoms with Gasteiger partial charge in [-0.1, -0.05) is 30.3 Å². The van der Waals surface area contributed by atoms with Gasteiger partial charge in [0.2, 0.25) is 12.5 Å². The number of nitro benzene ring substituents is 1. The van der Waals surface area contributed by atoms with Crippen LogP contribution in [0, 0.1) is 20.2 Å². The third-order valence-electron chi connectivity index (χ3n) is 3.65. The minimum absolute atomic E-state index is 0.121. The highest BCUT2D eigenvalue weighted by Crippen LogP contribution is 2.24. The minimum atomic E-state index is -1.10. The molecule has 2 rings (SSSR count). The fourth-order valence-electron chi connectivity index (χ4n) is 2.48. The van der Waals surface area contributed by atoms with Crippen LogP contribution in [0.3, 0.4) is 0 Å². The number of nitrogens with zero attached hydrogens (tertiary/aromatic N) is 2. The number of carbonyl (C=O) groups is 1. The molecule has 0 bridgehead atoms. The molecule has 8 nitrogen and oxygen atoms in total. The minimum Gasteiger partial charge on any atom is -0.345 e. The fraction of sp³-hybridized carbons (Fsp3) is 0.188. The molecule has 2 aromatic carbocycles. The van der Waals surface area contributed by atoms with E-state index in [1.165, 1.54) is 24.3 Å². The number of non-ortho nitro benzene ring substituents is 1. The van der Waals surface area contributed by atoms with Gasteiger partial charge in [-0.2, -0.15) is 0 Å². The Balaban J connectivity index is 2.32. The highest BCUT2D eigenvalue weighted by Gasteiger charge is 2.33. The second-order valence-corrected chi connectivity index (χ2v) is 5.15. The van der Waals surface area contributed by atoms with Crippen LogP contribution in [0.15, 0.2) is 54.6 Å². The van der Waals surface area contributed by atoms with Gasteiger partial charge in [0.25, 0.3) is 5.69 Å². The van der Waals surface area contributed by atoms with E-state index in [-0.39, 0.29) is 12.1 Å². The molecule has 0 aliphatic heterocycles. The zero-order valence-electron chi connectivity index (χ0n) is 12.6. The van der Waals surface area contributed by atoms with Gasteiger partial charge >= 0.3 is 0 Å². The molecule has 0 unspecified atom stereocenters. The Morgan fingerprint density at radius 3 is 2.12 bits per heavy atom. The maximum atomic E-state index is 11.5. The molecule has 24 heavy (non-hydrogen) atoms. The molecule has 0 aliphatic carbocycles. The lowest BCUT2D eigenvalue weighted by Gasteiger charge is -2.21. The van der Waals surface area contributed by atoms with Crippen LogP contribution in [0.1, 0.15) is 17.2 Å². The summed E-state index contributed by atoms with van der Waals surface area (Å²) >= 11 is 0. The van der Waals surface area contributed by atoms with E-state index in [0.717, 1.165) is 5.56 Å². The average Bonchev–Trinajstić information content (AvgIpc) is 2.59. The second-order valence-electron chi connectivity index (χ2n) is 5.15. The maximum Gasteiger partial charge on any atom is 0.269 e. The van der Waals surface area contributed by atoms with Crippen LogP contribution in [0.5, 0.6) is 0 Å². The SMILES string of the molecule is O=CN[C@H](c1ccc([N+](=O)[O-])cc1)[C@H](Cc1ccccc1)[N+](=O)[O-]. The Kier molecular flexibility index (Phi) is 5.56. The summed E-state index contributed by atoms with van der Waals surface area (Å²) in [6.45, 7) is 0. The van der Waals surface area contributed by atoms with E-state index in [1.807, 2.05) is 6.07 Å². The predicted molar refractivity (Wildman–Crippen MR) is 86.0 cm³/mol. The molecule has 0 radical (unpaired) electrons. The number of hydrogen-bond acceptors (Lipinski definition) is 5. The number of rotatable bonds is 8. The number of hydrogen-bond donors (Lipinski definition) is 1. The number of carbonyl (C=O) groups excluding carboxylic acids is 1. The number of amides is 1. The van der Waals surface area contributed by atoms with Crippen molar-refractivity contribution < 1.29 is 14.6 Å². The molecule has 2 aromatic rings. The van der Waals surface area contributed by atoms with Gasteiger partial charge in [-0.25, -0.2) is 0 Å². The van der Waals surface area contributed by atoms with Crippen molar-refractivity contribution in [1.82, 2.24) is 5.32 Å². The van der Waals surface area contributed by atoms with Gasteiger partial charge in [-0.05, 0) is 23.3 Å². The maximum absolute atomic E-state index is 11.5. The van der Waals surface area contributed by atoms with E-state index < -0.39 is 21.9 Å². The first-order chi connectivity index (χ1) is 11.5. The van der Waals surface area contributed by atoms with Crippen molar-refractivity contribution in [3.05, 3.63) is 86.0 Å². The Morgan fingerprint density at radius 1 is 1.00 bits per heavy atom. The van der Waals surface area contributed by atoms with Gasteiger partial charge in [-0.3, -0.25) is 25.0 Å². The molecule has 1 amide bonds. The summed E-state index contributed by atoms with van der Waals surface area (Å²) < 4.78 is 0. The smallest absolute Gasteiger partial charge is 0.269 e. The highest BCUT2D eigenvalue weighted by atomic mass is 16.6. The summed E-state index contributed by atoms with van der Waals surface area (Å²) in [5.74, 6) is 0. The Labute approximate surface area is 137 Å². The van der Waals surface area contributed by atoms with Crippen molar-refractivity contribution in [3.8, 4) is 0 Å². The highest BCUT2D eigenvalue weighted by molar-refractivity contribution is 5.48. The first kappa shape index (κ1) is 17.1. The second kappa shape index (κ2) is 7.82. The topological polar surface area (TPSA) is 115 Å². The van der Waals surface area contributed by atoms with Crippen LogP contribution in [0.25, 0.3) is 0 Å². The van der Waals surface area contributed by atoms with Crippen molar-refractivity contribution in [2.45, 2.75) is 18.5 Å². The quantitative estimate of drug-likeness (QED) is 0.453. The number of benzene rings is 2. The van der Waals surface area contributed by atoms with Gasteiger partial charge < -0.3 is 5.32 Å². The Bertz CT molecular complexity index is 718. The third kappa shape index (κ3) is 4.13. The van der Waals surface area contributed by atoms with E-state index in [9.17, 15) is 25.0 Å². The van der Waals surface area contributed by atoms with E-state index in [4.69, 9.17) is 0 Å². The van der Waals surface area contributed by atoms with Crippen LogP contribution in [-0.4, -0.2) is 22.3 Å². The molecule has 0 aliphatic rings. The summed E-state index contributed by atoms with van der Waals surface area (Å²) in [5.41, 5.74) is 1.08. The standard InChI is InChI=1S/C16H15N3O5/c20-11-17-16(13-6-8-14(9-7-13)18(21)22)15(19(23)24)10-12-4-2-1-3-5-12/h1-9,11,15-16H,10H2,(H,17,20)/t15-,16+/m0/s1. The normalized spacial score (nSPS) is 12.8. The summed E-state index contributed by atoms with van der Waals surface area (Å²) in [5, 5.41) is 24.7. The summed E-state index contributed by atoms with van der Waals surface area (Å²) in [6.07, 6.45) is 0.518. The lowest BCUT2D eigenvalue weighted by atomic mass is 9.94. The predicted octanol–water partition coefficient (Wildman–Crippen LogP) is 2.27. The van der Waals surface area contributed by atoms with E-state index >= 15 is 0 Å². The van der Waals surface area contributed by atoms with Crippen LogP contribution in [-0.2, 0) is 11.2 Å². The van der Waals surface area contributed by atoms with Crippen molar-refractivity contribution >= 4 is 12.1 Å². The van der Waals surface area contributed by atoms with E-state index in [0.29, 0.717) is 12.0 Å². The molecule has 2 atom stereocenters. The molecular weight excluding hydrogens is 314 g/mol. The molecular formula is C16H15N3O5. The molecule has 8 heteroatoms. The average molecular weight is 329 g/mol. The molecule has 0 saturated heterocycles. The zero-order valence-corrected chi connectivity index (χ0v) is 12.6. The molecule has 124 valence electrons. The van der Waals surface area contributed by atoms with Gasteiger partial charge in [0.05, 0.1) is 4.92 Å². The van der Waals surface area contributed by atoms with Gasteiger partial charge in [-0.15, -0.1) is 0 Å². The molecule has 0 spiro atoms. The van der Waals surface area contributed by atoms with Gasteiger partial charge in [0.15, 0.2) is 0 Å². The fourth-order valence-corrected chi connectivity index (χ4v) is 2.48. The Hall–Kier alpha value is -3.29. The molecule has 0 saturated carbocycles. The van der Waals surface area contributed by atoms with Crippen LogP contribution in [0.4, 0.5) is 5.69 Å². The van der Waals surface area contributed by atoms with Crippen molar-refractivity contribution in [2.24, 2.45) is 0 Å². The number of nitrogens with one attached hydrogen (secondary N) is 1. The number of nitro groups is 2.